The number of nitrogens with one attached hydrogen (secondary N) is 1. The molecular weight excluding hydrogens is 294 g/mol. The van der Waals surface area contributed by atoms with Crippen LogP contribution in [0.1, 0.15) is 16.8 Å². The third-order valence-electron chi connectivity index (χ3n) is 3.50. The van der Waals surface area contributed by atoms with Crippen LogP contribution in [0.3, 0.4) is 0 Å². The summed E-state index contributed by atoms with van der Waals surface area (Å²) in [5.74, 6) is 1.58. The number of imidazole rings is 1. The van der Waals surface area contributed by atoms with Gasteiger partial charge in [0.2, 0.25) is 0 Å². The van der Waals surface area contributed by atoms with E-state index in [-0.39, 0.29) is 0 Å². The third-order valence-corrected chi connectivity index (χ3v) is 4.47. The van der Waals surface area contributed by atoms with Gasteiger partial charge in [-0.1, -0.05) is 17.8 Å². The standard InChI is InChI=1S/C16H21N5S/c1-11-7-12(2)9-14(8-11)19-15(17)18-4-3-13-10-21-5-6-22-16(21)20-13/h7-10H,3-6H2,1-2H3,(H3,17,18,19). The largest absolute Gasteiger partial charge is 0.370 e. The first-order valence-corrected chi connectivity index (χ1v) is 8.43. The van der Waals surface area contributed by atoms with Gasteiger partial charge in [0.25, 0.3) is 0 Å². The fraction of sp³-hybridized carbons (Fsp3) is 0.375. The van der Waals surface area contributed by atoms with E-state index < -0.39 is 0 Å². The maximum atomic E-state index is 5.95. The summed E-state index contributed by atoms with van der Waals surface area (Å²) in [4.78, 5) is 8.97. The number of aromatic nitrogens is 2. The van der Waals surface area contributed by atoms with Gasteiger partial charge in [-0.3, -0.25) is 4.99 Å². The van der Waals surface area contributed by atoms with Crippen LogP contribution in [0.2, 0.25) is 0 Å². The molecule has 0 spiro atoms. The maximum absolute atomic E-state index is 5.95. The van der Waals surface area contributed by atoms with E-state index in [9.17, 15) is 0 Å². The van der Waals surface area contributed by atoms with Gasteiger partial charge in [0.05, 0.1) is 5.69 Å². The van der Waals surface area contributed by atoms with Crippen molar-refractivity contribution in [2.24, 2.45) is 10.7 Å². The normalized spacial score (nSPS) is 14.2. The zero-order valence-corrected chi connectivity index (χ0v) is 13.8. The van der Waals surface area contributed by atoms with Crippen molar-refractivity contribution in [3.8, 4) is 0 Å². The number of aliphatic imine (C=N–C) groups is 1. The molecule has 3 N–H and O–H groups in total. The van der Waals surface area contributed by atoms with E-state index in [2.05, 4.69) is 58.1 Å². The molecule has 6 heteroatoms. The summed E-state index contributed by atoms with van der Waals surface area (Å²) < 4.78 is 2.21. The van der Waals surface area contributed by atoms with Crippen LogP contribution in [0, 0.1) is 13.8 Å². The first kappa shape index (κ1) is 15.0. The number of rotatable bonds is 4. The average molecular weight is 315 g/mol. The second-order valence-corrected chi connectivity index (χ2v) is 6.64. The summed E-state index contributed by atoms with van der Waals surface area (Å²) in [5, 5.41) is 4.27. The molecule has 1 aliphatic rings. The minimum atomic E-state index is 0.450. The second-order valence-electron chi connectivity index (χ2n) is 5.58. The summed E-state index contributed by atoms with van der Waals surface area (Å²) in [6, 6.07) is 6.26. The number of aryl methyl sites for hydroxylation is 3. The van der Waals surface area contributed by atoms with E-state index in [4.69, 9.17) is 5.73 Å². The average Bonchev–Trinajstić information content (AvgIpc) is 2.98. The Labute approximate surface area is 135 Å². The van der Waals surface area contributed by atoms with Crippen molar-refractivity contribution >= 4 is 23.4 Å². The van der Waals surface area contributed by atoms with Gasteiger partial charge in [-0.05, 0) is 37.1 Å². The molecule has 0 bridgehead atoms. The minimum Gasteiger partial charge on any atom is -0.370 e. The number of hydrogen-bond donors (Lipinski definition) is 2. The molecule has 0 unspecified atom stereocenters. The van der Waals surface area contributed by atoms with E-state index >= 15 is 0 Å². The number of fused-ring (bicyclic) bond motifs is 1. The van der Waals surface area contributed by atoms with Crippen LogP contribution in [0.4, 0.5) is 5.69 Å². The zero-order valence-electron chi connectivity index (χ0n) is 13.0. The highest BCUT2D eigenvalue weighted by atomic mass is 32.2. The molecule has 2 aromatic rings. The van der Waals surface area contributed by atoms with Gasteiger partial charge >= 0.3 is 0 Å². The third kappa shape index (κ3) is 3.62. The second kappa shape index (κ2) is 6.44. The van der Waals surface area contributed by atoms with Crippen molar-refractivity contribution in [2.45, 2.75) is 32.0 Å². The number of anilines is 1. The van der Waals surface area contributed by atoms with Gasteiger partial charge in [-0.2, -0.15) is 0 Å². The fourth-order valence-electron chi connectivity index (χ4n) is 2.61. The van der Waals surface area contributed by atoms with Crippen LogP contribution in [0.15, 0.2) is 34.5 Å². The summed E-state index contributed by atoms with van der Waals surface area (Å²) in [5.41, 5.74) is 10.4. The van der Waals surface area contributed by atoms with Crippen molar-refractivity contribution in [1.82, 2.24) is 9.55 Å². The lowest BCUT2D eigenvalue weighted by atomic mass is 10.1. The molecule has 5 nitrogen and oxygen atoms in total. The van der Waals surface area contributed by atoms with E-state index in [0.717, 1.165) is 35.3 Å². The van der Waals surface area contributed by atoms with E-state index in [1.807, 2.05) is 11.8 Å². The van der Waals surface area contributed by atoms with Gasteiger partial charge in [0.1, 0.15) is 0 Å². The van der Waals surface area contributed by atoms with Crippen LogP contribution >= 0.6 is 11.8 Å². The minimum absolute atomic E-state index is 0.450. The Bertz CT molecular complexity index is 663. The number of hydrogen-bond acceptors (Lipinski definition) is 3. The van der Waals surface area contributed by atoms with E-state index in [0.29, 0.717) is 12.5 Å². The lowest BCUT2D eigenvalue weighted by molar-refractivity contribution is 0.719. The maximum Gasteiger partial charge on any atom is 0.193 e. The molecule has 1 aromatic carbocycles. The Morgan fingerprint density at radius 1 is 1.36 bits per heavy atom. The molecule has 0 saturated carbocycles. The molecule has 0 aliphatic carbocycles. The Hall–Kier alpha value is -1.95. The predicted molar refractivity (Wildman–Crippen MR) is 92.7 cm³/mol. The number of nitrogens with two attached hydrogens (primary N) is 1. The summed E-state index contributed by atoms with van der Waals surface area (Å²) in [6.45, 7) is 5.85. The number of guanidine groups is 1. The van der Waals surface area contributed by atoms with Crippen molar-refractivity contribution < 1.29 is 0 Å². The quantitative estimate of drug-likeness (QED) is 0.672. The Morgan fingerprint density at radius 2 is 2.14 bits per heavy atom. The van der Waals surface area contributed by atoms with Crippen LogP contribution in [-0.4, -0.2) is 27.8 Å². The molecule has 0 fully saturated rings. The van der Waals surface area contributed by atoms with Crippen LogP contribution < -0.4 is 11.1 Å². The van der Waals surface area contributed by atoms with Gasteiger partial charge < -0.3 is 15.6 Å². The highest BCUT2D eigenvalue weighted by Gasteiger charge is 2.13. The SMILES string of the molecule is Cc1cc(C)cc(NC(N)=NCCc2cn3c(n2)SCC3)c1. The van der Waals surface area contributed by atoms with Crippen molar-refractivity contribution in [2.75, 3.05) is 17.6 Å². The molecule has 2 heterocycles. The molecule has 22 heavy (non-hydrogen) atoms. The van der Waals surface area contributed by atoms with Gasteiger partial charge in [-0.15, -0.1) is 0 Å². The van der Waals surface area contributed by atoms with Gasteiger partial charge in [-0.25, -0.2) is 4.98 Å². The molecule has 0 amide bonds. The lowest BCUT2D eigenvalue weighted by Crippen LogP contribution is -2.23. The molecule has 1 aliphatic heterocycles. The molecule has 0 radical (unpaired) electrons. The van der Waals surface area contributed by atoms with Crippen molar-refractivity contribution in [3.05, 3.63) is 41.2 Å². The molecule has 0 atom stereocenters. The van der Waals surface area contributed by atoms with Crippen LogP contribution in [0.25, 0.3) is 0 Å². The monoisotopic (exact) mass is 315 g/mol. The van der Waals surface area contributed by atoms with Crippen molar-refractivity contribution in [3.63, 3.8) is 0 Å². The van der Waals surface area contributed by atoms with E-state index in [1.54, 1.807) is 0 Å². The van der Waals surface area contributed by atoms with Crippen LogP contribution in [-0.2, 0) is 13.0 Å². The van der Waals surface area contributed by atoms with Gasteiger partial charge in [0, 0.05) is 37.1 Å². The number of nitrogens with zero attached hydrogens (tertiary/aromatic N) is 3. The highest BCUT2D eigenvalue weighted by Crippen LogP contribution is 2.24. The summed E-state index contributed by atoms with van der Waals surface area (Å²) in [7, 11) is 0. The van der Waals surface area contributed by atoms with E-state index in [1.165, 1.54) is 11.1 Å². The topological polar surface area (TPSA) is 68.2 Å². The Kier molecular flexibility index (Phi) is 4.38. The molecule has 3 rings (SSSR count). The summed E-state index contributed by atoms with van der Waals surface area (Å²) >= 11 is 1.81. The number of benzene rings is 1. The molecular formula is C16H21N5S. The van der Waals surface area contributed by atoms with Crippen molar-refractivity contribution in [1.29, 1.82) is 0 Å². The Balaban J connectivity index is 1.55. The number of thioether (sulfide) groups is 1. The molecule has 0 saturated heterocycles. The molecule has 116 valence electrons. The highest BCUT2D eigenvalue weighted by molar-refractivity contribution is 7.99. The van der Waals surface area contributed by atoms with Gasteiger partial charge in [0.15, 0.2) is 11.1 Å². The van der Waals surface area contributed by atoms with Crippen LogP contribution in [0.5, 0.6) is 0 Å². The molecule has 1 aromatic heterocycles. The fourth-order valence-corrected chi connectivity index (χ4v) is 3.57. The first-order chi connectivity index (χ1) is 10.6. The predicted octanol–water partition coefficient (Wildman–Crippen LogP) is 2.57. The smallest absolute Gasteiger partial charge is 0.193 e. The summed E-state index contributed by atoms with van der Waals surface area (Å²) in [6.07, 6.45) is 2.94. The first-order valence-electron chi connectivity index (χ1n) is 7.44. The lowest BCUT2D eigenvalue weighted by Gasteiger charge is -2.07. The Morgan fingerprint density at radius 3 is 2.86 bits per heavy atom. The zero-order chi connectivity index (χ0) is 15.5.